The van der Waals surface area contributed by atoms with E-state index in [4.69, 9.17) is 11.6 Å². The summed E-state index contributed by atoms with van der Waals surface area (Å²) in [5, 5.41) is 6.25. The molecule has 1 atom stereocenters. The Labute approximate surface area is 120 Å². The van der Waals surface area contributed by atoms with Crippen molar-refractivity contribution in [2.45, 2.75) is 33.2 Å². The van der Waals surface area contributed by atoms with E-state index in [1.165, 1.54) is 11.3 Å². The fourth-order valence-corrected chi connectivity index (χ4v) is 3.17. The normalized spacial score (nSPS) is 12.8. The fraction of sp³-hybridized carbons (Fsp3) is 0.583. The molecule has 0 spiro atoms. The minimum absolute atomic E-state index is 0.0711. The highest BCUT2D eigenvalue weighted by Crippen LogP contribution is 2.27. The molecule has 1 N–H and O–H groups in total. The number of nitrogens with one attached hydrogen (secondary N) is 1. The van der Waals surface area contributed by atoms with Crippen molar-refractivity contribution in [3.05, 3.63) is 20.8 Å². The predicted molar refractivity (Wildman–Crippen MR) is 78.6 cm³/mol. The van der Waals surface area contributed by atoms with Crippen LogP contribution in [0.15, 0.2) is 5.38 Å². The van der Waals surface area contributed by atoms with Crippen molar-refractivity contribution in [3.63, 3.8) is 0 Å². The lowest BCUT2D eigenvalue weighted by molar-refractivity contribution is 0.0941. The summed E-state index contributed by atoms with van der Waals surface area (Å²) < 4.78 is 0. The van der Waals surface area contributed by atoms with E-state index in [1.807, 2.05) is 12.3 Å². The Balaban J connectivity index is 2.68. The zero-order chi connectivity index (χ0) is 13.0. The van der Waals surface area contributed by atoms with E-state index in [1.54, 1.807) is 0 Å². The molecule has 0 aliphatic rings. The molecule has 0 saturated heterocycles. The summed E-state index contributed by atoms with van der Waals surface area (Å²) in [6.45, 7) is 6.19. The molecule has 0 aliphatic heterocycles. The lowest BCUT2D eigenvalue weighted by Crippen LogP contribution is -2.36. The Morgan fingerprint density at radius 3 is 2.65 bits per heavy atom. The first kappa shape index (κ1) is 15.0. The van der Waals surface area contributed by atoms with E-state index in [9.17, 15) is 4.79 Å². The summed E-state index contributed by atoms with van der Waals surface area (Å²) in [4.78, 5) is 12.6. The molecule has 96 valence electrons. The Morgan fingerprint density at radius 1 is 1.59 bits per heavy atom. The minimum Gasteiger partial charge on any atom is -0.348 e. The largest absolute Gasteiger partial charge is 0.348 e. The number of aryl methyl sites for hydroxylation is 1. The zero-order valence-corrected chi connectivity index (χ0v) is 13.4. The standard InChI is InChI=1S/C12H17BrClNOS/c1-7(2)4-9(5-13)15-12(16)11-10(14)8(3)6-17-11/h6-7,9H,4-5H2,1-3H3,(H,15,16). The van der Waals surface area contributed by atoms with Crippen molar-refractivity contribution in [1.82, 2.24) is 5.32 Å². The SMILES string of the molecule is Cc1csc(C(=O)NC(CBr)CC(C)C)c1Cl. The van der Waals surface area contributed by atoms with Crippen molar-refractivity contribution in [2.24, 2.45) is 5.92 Å². The molecular formula is C12H17BrClNOS. The van der Waals surface area contributed by atoms with Gasteiger partial charge >= 0.3 is 0 Å². The molecule has 0 fully saturated rings. The second kappa shape index (κ2) is 6.76. The molecule has 5 heteroatoms. The van der Waals surface area contributed by atoms with Crippen LogP contribution in [0.2, 0.25) is 5.02 Å². The third kappa shape index (κ3) is 4.27. The third-order valence-electron chi connectivity index (χ3n) is 2.38. The van der Waals surface area contributed by atoms with Gasteiger partial charge in [0.05, 0.1) is 5.02 Å². The number of hydrogen-bond donors (Lipinski definition) is 1. The van der Waals surface area contributed by atoms with Crippen LogP contribution in [-0.4, -0.2) is 17.3 Å². The molecule has 2 nitrogen and oxygen atoms in total. The van der Waals surface area contributed by atoms with Gasteiger partial charge in [-0.2, -0.15) is 0 Å². The topological polar surface area (TPSA) is 29.1 Å². The van der Waals surface area contributed by atoms with Gasteiger partial charge in [0, 0.05) is 11.4 Å². The molecule has 1 rings (SSSR count). The number of amides is 1. The number of halogens is 2. The van der Waals surface area contributed by atoms with E-state index in [0.717, 1.165) is 17.3 Å². The number of thiophene rings is 1. The van der Waals surface area contributed by atoms with E-state index in [-0.39, 0.29) is 11.9 Å². The lowest BCUT2D eigenvalue weighted by Gasteiger charge is -2.17. The van der Waals surface area contributed by atoms with Gasteiger partial charge in [0.25, 0.3) is 5.91 Å². The molecule has 1 heterocycles. The summed E-state index contributed by atoms with van der Waals surface area (Å²) in [5.74, 6) is 0.483. The summed E-state index contributed by atoms with van der Waals surface area (Å²) in [6, 6.07) is 0.154. The van der Waals surface area contributed by atoms with Gasteiger partial charge in [0.15, 0.2) is 0 Å². The molecule has 17 heavy (non-hydrogen) atoms. The van der Waals surface area contributed by atoms with Gasteiger partial charge in [-0.3, -0.25) is 4.79 Å². The molecule has 1 amide bonds. The highest BCUT2D eigenvalue weighted by atomic mass is 79.9. The highest BCUT2D eigenvalue weighted by Gasteiger charge is 2.18. The maximum Gasteiger partial charge on any atom is 0.263 e. The third-order valence-corrected chi connectivity index (χ3v) is 4.86. The number of alkyl halides is 1. The molecule has 1 aromatic rings. The first-order valence-corrected chi connectivity index (χ1v) is 7.94. The van der Waals surface area contributed by atoms with Crippen LogP contribution in [-0.2, 0) is 0 Å². The zero-order valence-electron chi connectivity index (χ0n) is 10.2. The Hall–Kier alpha value is -0.0600. The summed E-state index contributed by atoms with van der Waals surface area (Å²) >= 11 is 10.9. The van der Waals surface area contributed by atoms with E-state index in [2.05, 4.69) is 35.1 Å². The molecule has 1 unspecified atom stereocenters. The first-order chi connectivity index (χ1) is 7.95. The summed E-state index contributed by atoms with van der Waals surface area (Å²) in [6.07, 6.45) is 0.957. The summed E-state index contributed by atoms with van der Waals surface area (Å²) in [7, 11) is 0. The monoisotopic (exact) mass is 337 g/mol. The van der Waals surface area contributed by atoms with E-state index >= 15 is 0 Å². The van der Waals surface area contributed by atoms with Crippen LogP contribution in [0.3, 0.4) is 0 Å². The number of carbonyl (C=O) groups is 1. The highest BCUT2D eigenvalue weighted by molar-refractivity contribution is 9.09. The van der Waals surface area contributed by atoms with Crippen LogP contribution in [0.5, 0.6) is 0 Å². The van der Waals surface area contributed by atoms with Crippen molar-refractivity contribution in [1.29, 1.82) is 0 Å². The Morgan fingerprint density at radius 2 is 2.24 bits per heavy atom. The van der Waals surface area contributed by atoms with Crippen molar-refractivity contribution in [2.75, 3.05) is 5.33 Å². The van der Waals surface area contributed by atoms with Gasteiger partial charge in [-0.1, -0.05) is 41.4 Å². The van der Waals surface area contributed by atoms with Gasteiger partial charge < -0.3 is 5.32 Å². The predicted octanol–water partition coefficient (Wildman–Crippen LogP) is 4.25. The van der Waals surface area contributed by atoms with Crippen molar-refractivity contribution < 1.29 is 4.79 Å². The number of hydrogen-bond acceptors (Lipinski definition) is 2. The molecular weight excluding hydrogens is 322 g/mol. The Bertz CT molecular complexity index is 392. The molecule has 0 saturated carbocycles. The molecule has 1 aromatic heterocycles. The van der Waals surface area contributed by atoms with Crippen LogP contribution in [0.1, 0.15) is 35.5 Å². The van der Waals surface area contributed by atoms with E-state index < -0.39 is 0 Å². The molecule has 0 bridgehead atoms. The average Bonchev–Trinajstić information content (AvgIpc) is 2.58. The maximum atomic E-state index is 12.0. The molecule has 0 aromatic carbocycles. The number of carbonyl (C=O) groups excluding carboxylic acids is 1. The van der Waals surface area contributed by atoms with Crippen LogP contribution >= 0.6 is 38.9 Å². The van der Waals surface area contributed by atoms with Gasteiger partial charge in [-0.25, -0.2) is 0 Å². The first-order valence-electron chi connectivity index (χ1n) is 5.56. The quantitative estimate of drug-likeness (QED) is 0.799. The molecule has 0 aliphatic carbocycles. The summed E-state index contributed by atoms with van der Waals surface area (Å²) in [5.41, 5.74) is 0.959. The van der Waals surface area contributed by atoms with Gasteiger partial charge in [-0.05, 0) is 30.2 Å². The van der Waals surface area contributed by atoms with Crippen LogP contribution < -0.4 is 5.32 Å². The van der Waals surface area contributed by atoms with Gasteiger partial charge in [0.1, 0.15) is 4.88 Å². The maximum absolute atomic E-state index is 12.0. The average molecular weight is 339 g/mol. The lowest BCUT2D eigenvalue weighted by atomic mass is 10.1. The van der Waals surface area contributed by atoms with Gasteiger partial charge in [0.2, 0.25) is 0 Å². The minimum atomic E-state index is -0.0711. The Kier molecular flexibility index (Phi) is 5.97. The van der Waals surface area contributed by atoms with Crippen LogP contribution in [0.4, 0.5) is 0 Å². The molecule has 0 radical (unpaired) electrons. The van der Waals surface area contributed by atoms with Crippen molar-refractivity contribution >= 4 is 44.8 Å². The second-order valence-electron chi connectivity index (χ2n) is 4.52. The van der Waals surface area contributed by atoms with Crippen molar-refractivity contribution in [3.8, 4) is 0 Å². The van der Waals surface area contributed by atoms with Crippen LogP contribution in [0.25, 0.3) is 0 Å². The number of rotatable bonds is 5. The van der Waals surface area contributed by atoms with Crippen LogP contribution in [0, 0.1) is 12.8 Å². The second-order valence-corrected chi connectivity index (χ2v) is 6.42. The van der Waals surface area contributed by atoms with E-state index in [0.29, 0.717) is 15.8 Å². The van der Waals surface area contributed by atoms with Gasteiger partial charge in [-0.15, -0.1) is 11.3 Å². The smallest absolute Gasteiger partial charge is 0.263 e. The fourth-order valence-electron chi connectivity index (χ4n) is 1.56.